The van der Waals surface area contributed by atoms with Gasteiger partial charge in [-0.15, -0.1) is 0 Å². The molecule has 2 N–H and O–H groups in total. The molecule has 0 spiro atoms. The SMILES string of the molecule is CCCN(C)C1(CN)CCCCC1OC. The fourth-order valence-electron chi connectivity index (χ4n) is 2.91. The molecule has 0 aromatic rings. The lowest BCUT2D eigenvalue weighted by Gasteiger charge is -2.48. The molecule has 0 radical (unpaired) electrons. The molecule has 1 fully saturated rings. The number of hydrogen-bond donors (Lipinski definition) is 1. The van der Waals surface area contributed by atoms with Gasteiger partial charge in [-0.25, -0.2) is 0 Å². The average Bonchev–Trinajstić information content (AvgIpc) is 2.29. The first kappa shape index (κ1) is 12.9. The van der Waals surface area contributed by atoms with Crippen LogP contribution in [0.4, 0.5) is 0 Å². The Labute approximate surface area is 94.0 Å². The minimum atomic E-state index is 0.0863. The second kappa shape index (κ2) is 5.83. The van der Waals surface area contributed by atoms with Crippen LogP contribution >= 0.6 is 0 Å². The van der Waals surface area contributed by atoms with Crippen LogP contribution in [0, 0.1) is 0 Å². The molecule has 0 aromatic carbocycles. The highest BCUT2D eigenvalue weighted by Gasteiger charge is 2.42. The normalized spacial score (nSPS) is 32.2. The largest absolute Gasteiger partial charge is 0.379 e. The van der Waals surface area contributed by atoms with Gasteiger partial charge in [0.1, 0.15) is 0 Å². The summed E-state index contributed by atoms with van der Waals surface area (Å²) in [4.78, 5) is 2.42. The van der Waals surface area contributed by atoms with Crippen molar-refractivity contribution in [3.05, 3.63) is 0 Å². The van der Waals surface area contributed by atoms with Crippen LogP contribution in [0.3, 0.4) is 0 Å². The van der Waals surface area contributed by atoms with Gasteiger partial charge < -0.3 is 10.5 Å². The molecule has 1 saturated carbocycles. The maximum atomic E-state index is 6.01. The third-order valence-corrected chi connectivity index (χ3v) is 3.88. The highest BCUT2D eigenvalue weighted by Crippen LogP contribution is 2.34. The lowest BCUT2D eigenvalue weighted by atomic mass is 9.77. The Morgan fingerprint density at radius 1 is 1.47 bits per heavy atom. The van der Waals surface area contributed by atoms with E-state index in [1.165, 1.54) is 25.7 Å². The van der Waals surface area contributed by atoms with Crippen molar-refractivity contribution in [1.82, 2.24) is 4.90 Å². The summed E-state index contributed by atoms with van der Waals surface area (Å²) in [5.41, 5.74) is 6.10. The van der Waals surface area contributed by atoms with Crippen molar-refractivity contribution in [3.8, 4) is 0 Å². The van der Waals surface area contributed by atoms with Crippen molar-refractivity contribution in [2.75, 3.05) is 27.2 Å². The number of methoxy groups -OCH3 is 1. The maximum absolute atomic E-state index is 6.01. The van der Waals surface area contributed by atoms with Crippen LogP contribution in [0.15, 0.2) is 0 Å². The molecule has 1 aliphatic rings. The zero-order valence-electron chi connectivity index (χ0n) is 10.5. The summed E-state index contributed by atoms with van der Waals surface area (Å²) in [5, 5.41) is 0. The third kappa shape index (κ3) is 2.52. The predicted molar refractivity (Wildman–Crippen MR) is 64.0 cm³/mol. The van der Waals surface area contributed by atoms with Crippen molar-refractivity contribution >= 4 is 0 Å². The van der Waals surface area contributed by atoms with E-state index < -0.39 is 0 Å². The molecule has 0 aliphatic heterocycles. The quantitative estimate of drug-likeness (QED) is 0.755. The molecule has 2 unspecified atom stereocenters. The Hall–Kier alpha value is -0.120. The molecule has 0 heterocycles. The van der Waals surface area contributed by atoms with E-state index in [9.17, 15) is 0 Å². The van der Waals surface area contributed by atoms with E-state index in [4.69, 9.17) is 10.5 Å². The highest BCUT2D eigenvalue weighted by molar-refractivity contribution is 5.00. The Balaban J connectivity index is 2.77. The van der Waals surface area contributed by atoms with E-state index in [0.29, 0.717) is 12.6 Å². The van der Waals surface area contributed by atoms with Crippen molar-refractivity contribution in [2.24, 2.45) is 5.73 Å². The van der Waals surface area contributed by atoms with Gasteiger partial charge in [0, 0.05) is 13.7 Å². The van der Waals surface area contributed by atoms with Gasteiger partial charge in [0.2, 0.25) is 0 Å². The average molecular weight is 214 g/mol. The lowest BCUT2D eigenvalue weighted by molar-refractivity contribution is -0.0655. The maximum Gasteiger partial charge on any atom is 0.0767 e. The zero-order chi connectivity index (χ0) is 11.3. The Bertz CT molecular complexity index is 186. The van der Waals surface area contributed by atoms with Gasteiger partial charge in [0.05, 0.1) is 11.6 Å². The smallest absolute Gasteiger partial charge is 0.0767 e. The molecule has 0 bridgehead atoms. The molecule has 3 heteroatoms. The second-order valence-electron chi connectivity index (χ2n) is 4.70. The van der Waals surface area contributed by atoms with Gasteiger partial charge >= 0.3 is 0 Å². The summed E-state index contributed by atoms with van der Waals surface area (Å²) in [6.45, 7) is 4.03. The van der Waals surface area contributed by atoms with Gasteiger partial charge in [-0.3, -0.25) is 4.90 Å². The van der Waals surface area contributed by atoms with Crippen LogP contribution in [0.2, 0.25) is 0 Å². The van der Waals surface area contributed by atoms with Gasteiger partial charge in [-0.2, -0.15) is 0 Å². The molecular weight excluding hydrogens is 188 g/mol. The van der Waals surface area contributed by atoms with Crippen molar-refractivity contribution in [2.45, 2.75) is 50.7 Å². The Morgan fingerprint density at radius 3 is 2.73 bits per heavy atom. The number of likely N-dealkylation sites (N-methyl/N-ethyl adjacent to an activating group) is 1. The van der Waals surface area contributed by atoms with Crippen LogP contribution < -0.4 is 5.73 Å². The first-order chi connectivity index (χ1) is 7.21. The number of hydrogen-bond acceptors (Lipinski definition) is 3. The van der Waals surface area contributed by atoms with E-state index in [-0.39, 0.29) is 5.54 Å². The molecule has 1 rings (SSSR count). The van der Waals surface area contributed by atoms with E-state index in [2.05, 4.69) is 18.9 Å². The number of rotatable bonds is 5. The lowest BCUT2D eigenvalue weighted by Crippen LogP contribution is -2.61. The van der Waals surface area contributed by atoms with E-state index in [1.807, 2.05) is 7.11 Å². The van der Waals surface area contributed by atoms with E-state index in [0.717, 1.165) is 13.0 Å². The minimum Gasteiger partial charge on any atom is -0.379 e. The fraction of sp³-hybridized carbons (Fsp3) is 1.00. The van der Waals surface area contributed by atoms with Gasteiger partial charge in [0.25, 0.3) is 0 Å². The van der Waals surface area contributed by atoms with Gasteiger partial charge in [-0.05, 0) is 32.9 Å². The molecule has 2 atom stereocenters. The van der Waals surface area contributed by atoms with E-state index >= 15 is 0 Å². The van der Waals surface area contributed by atoms with Crippen LogP contribution in [-0.4, -0.2) is 43.8 Å². The number of ether oxygens (including phenoxy) is 1. The molecule has 0 amide bonds. The van der Waals surface area contributed by atoms with Crippen molar-refractivity contribution in [1.29, 1.82) is 0 Å². The number of nitrogens with zero attached hydrogens (tertiary/aromatic N) is 1. The van der Waals surface area contributed by atoms with Gasteiger partial charge in [-0.1, -0.05) is 19.8 Å². The fourth-order valence-corrected chi connectivity index (χ4v) is 2.91. The Kier molecular flexibility index (Phi) is 5.03. The predicted octanol–water partition coefficient (Wildman–Crippen LogP) is 1.61. The zero-order valence-corrected chi connectivity index (χ0v) is 10.5. The monoisotopic (exact) mass is 214 g/mol. The van der Waals surface area contributed by atoms with Crippen LogP contribution in [0.1, 0.15) is 39.0 Å². The van der Waals surface area contributed by atoms with Crippen molar-refractivity contribution in [3.63, 3.8) is 0 Å². The first-order valence-corrected chi connectivity index (χ1v) is 6.15. The van der Waals surface area contributed by atoms with Crippen LogP contribution in [0.5, 0.6) is 0 Å². The third-order valence-electron chi connectivity index (χ3n) is 3.88. The molecule has 3 nitrogen and oxygen atoms in total. The molecule has 0 saturated heterocycles. The topological polar surface area (TPSA) is 38.5 Å². The summed E-state index contributed by atoms with van der Waals surface area (Å²) in [6, 6.07) is 0. The van der Waals surface area contributed by atoms with Crippen LogP contribution in [0.25, 0.3) is 0 Å². The summed E-state index contributed by atoms with van der Waals surface area (Å²) in [7, 11) is 4.01. The summed E-state index contributed by atoms with van der Waals surface area (Å²) in [5.74, 6) is 0. The Morgan fingerprint density at radius 2 is 2.20 bits per heavy atom. The molecule has 15 heavy (non-hydrogen) atoms. The minimum absolute atomic E-state index is 0.0863. The molecule has 90 valence electrons. The molecule has 1 aliphatic carbocycles. The van der Waals surface area contributed by atoms with Crippen LogP contribution in [-0.2, 0) is 4.74 Å². The summed E-state index contributed by atoms with van der Waals surface area (Å²) >= 11 is 0. The summed E-state index contributed by atoms with van der Waals surface area (Å²) < 4.78 is 5.64. The number of nitrogens with two attached hydrogens (primary N) is 1. The first-order valence-electron chi connectivity index (χ1n) is 6.15. The molecule has 0 aromatic heterocycles. The second-order valence-corrected chi connectivity index (χ2v) is 4.70. The van der Waals surface area contributed by atoms with Gasteiger partial charge in [0.15, 0.2) is 0 Å². The highest BCUT2D eigenvalue weighted by atomic mass is 16.5. The van der Waals surface area contributed by atoms with Crippen molar-refractivity contribution < 1.29 is 4.74 Å². The molecular formula is C12H26N2O. The summed E-state index contributed by atoms with van der Waals surface area (Å²) in [6.07, 6.45) is 6.38. The standard InChI is InChI=1S/C12H26N2O/c1-4-9-14(2)12(10-13)8-6-5-7-11(12)15-3/h11H,4-10,13H2,1-3H3. The van der Waals surface area contributed by atoms with E-state index in [1.54, 1.807) is 0 Å².